The van der Waals surface area contributed by atoms with Gasteiger partial charge in [0.25, 0.3) is 10.1 Å². The third-order valence-electron chi connectivity index (χ3n) is 4.74. The number of hydrogen-bond acceptors (Lipinski definition) is 4. The van der Waals surface area contributed by atoms with Crippen LogP contribution in [0.1, 0.15) is 0 Å². The summed E-state index contributed by atoms with van der Waals surface area (Å²) in [7, 11) is -1.16. The fourth-order valence-electron chi connectivity index (χ4n) is 3.49. The lowest BCUT2D eigenvalue weighted by Crippen LogP contribution is -2.06. The highest BCUT2D eigenvalue weighted by Gasteiger charge is 2.24. The summed E-state index contributed by atoms with van der Waals surface area (Å²) >= 11 is 0. The molecule has 4 nitrogen and oxygen atoms in total. The van der Waals surface area contributed by atoms with Gasteiger partial charge in [0.2, 0.25) is 0 Å². The minimum Gasteiger partial charge on any atom is -0.496 e. The van der Waals surface area contributed by atoms with Gasteiger partial charge in [-0.2, -0.15) is 8.42 Å². The fourth-order valence-corrected chi connectivity index (χ4v) is 4.36. The van der Waals surface area contributed by atoms with E-state index in [2.05, 4.69) is 0 Å². The number of ether oxygens (including phenoxy) is 1. The predicted molar refractivity (Wildman–Crippen MR) is 108 cm³/mol. The monoisotopic (exact) mass is 378 g/mol. The molecule has 0 amide bonds. The molecule has 4 aromatic rings. The Kier molecular flexibility index (Phi) is 4.34. The minimum atomic E-state index is -3.92. The molecule has 0 spiro atoms. The van der Waals surface area contributed by atoms with Crippen molar-refractivity contribution in [1.29, 1.82) is 0 Å². The van der Waals surface area contributed by atoms with E-state index >= 15 is 0 Å². The lowest BCUT2D eigenvalue weighted by atomic mass is 9.93. The highest BCUT2D eigenvalue weighted by atomic mass is 32.2. The predicted octanol–water partition coefficient (Wildman–Crippen LogP) is 5.00. The van der Waals surface area contributed by atoms with Crippen molar-refractivity contribution in [2.75, 3.05) is 14.2 Å². The van der Waals surface area contributed by atoms with Gasteiger partial charge >= 0.3 is 0 Å². The summed E-state index contributed by atoms with van der Waals surface area (Å²) in [4.78, 5) is 0.123. The molecule has 136 valence electrons. The highest BCUT2D eigenvalue weighted by Crippen LogP contribution is 2.43. The molecule has 0 aliphatic rings. The molecule has 0 radical (unpaired) electrons. The molecule has 0 aromatic heterocycles. The summed E-state index contributed by atoms with van der Waals surface area (Å²) in [5.41, 5.74) is 1.33. The van der Waals surface area contributed by atoms with Gasteiger partial charge in [0, 0.05) is 11.1 Å². The lowest BCUT2D eigenvalue weighted by molar-refractivity contribution is 0.398. The van der Waals surface area contributed by atoms with Gasteiger partial charge in [-0.1, -0.05) is 60.7 Å². The SMILES string of the molecule is COc1ccc2ccccc2c1-c1c(S(=O)(=O)OC)ccc2ccccc12. The third-order valence-corrected chi connectivity index (χ3v) is 6.06. The Morgan fingerprint density at radius 2 is 1.22 bits per heavy atom. The van der Waals surface area contributed by atoms with Crippen LogP contribution in [-0.4, -0.2) is 22.6 Å². The first-order valence-corrected chi connectivity index (χ1v) is 9.86. The third kappa shape index (κ3) is 2.85. The van der Waals surface area contributed by atoms with Crippen LogP contribution in [0.15, 0.2) is 77.7 Å². The van der Waals surface area contributed by atoms with Crippen LogP contribution in [0.25, 0.3) is 32.7 Å². The van der Waals surface area contributed by atoms with Crippen LogP contribution in [0.2, 0.25) is 0 Å². The van der Waals surface area contributed by atoms with E-state index in [0.29, 0.717) is 11.3 Å². The number of methoxy groups -OCH3 is 1. The van der Waals surface area contributed by atoms with Crippen molar-refractivity contribution in [3.63, 3.8) is 0 Å². The van der Waals surface area contributed by atoms with Gasteiger partial charge in [-0.05, 0) is 33.7 Å². The summed E-state index contributed by atoms with van der Waals surface area (Å²) in [5, 5.41) is 3.69. The van der Waals surface area contributed by atoms with Gasteiger partial charge in [-0.25, -0.2) is 0 Å². The summed E-state index contributed by atoms with van der Waals surface area (Å²) < 4.78 is 35.9. The number of fused-ring (bicyclic) bond motifs is 2. The van der Waals surface area contributed by atoms with Gasteiger partial charge in [0.1, 0.15) is 10.6 Å². The van der Waals surface area contributed by atoms with E-state index in [4.69, 9.17) is 8.92 Å². The molecule has 0 saturated heterocycles. The molecule has 5 heteroatoms. The molecular formula is C22H18O4S. The van der Waals surface area contributed by atoms with E-state index in [0.717, 1.165) is 27.1 Å². The molecule has 0 atom stereocenters. The van der Waals surface area contributed by atoms with E-state index in [-0.39, 0.29) is 4.90 Å². The Hall–Kier alpha value is -2.89. The van der Waals surface area contributed by atoms with Crippen molar-refractivity contribution in [2.45, 2.75) is 4.90 Å². The normalized spacial score (nSPS) is 11.8. The van der Waals surface area contributed by atoms with Crippen LogP contribution in [0, 0.1) is 0 Å². The first-order chi connectivity index (χ1) is 13.1. The Bertz CT molecular complexity index is 1260. The molecule has 0 saturated carbocycles. The summed E-state index contributed by atoms with van der Waals surface area (Å²) in [6.07, 6.45) is 0. The molecule has 4 aromatic carbocycles. The maximum atomic E-state index is 12.7. The standard InChI is InChI=1S/C22H18O4S/c1-25-19-13-11-15-7-3-5-9-17(15)21(19)22-18-10-6-4-8-16(18)12-14-20(22)27(23,24)26-2/h3-14H,1-2H3. The second-order valence-corrected chi connectivity index (χ2v) is 7.83. The average molecular weight is 378 g/mol. The van der Waals surface area contributed by atoms with Crippen molar-refractivity contribution in [2.24, 2.45) is 0 Å². The summed E-state index contributed by atoms with van der Waals surface area (Å²) in [6.45, 7) is 0. The molecule has 4 rings (SSSR count). The Morgan fingerprint density at radius 1 is 0.667 bits per heavy atom. The van der Waals surface area contributed by atoms with E-state index in [1.807, 2.05) is 60.7 Å². The van der Waals surface area contributed by atoms with Crippen molar-refractivity contribution in [1.82, 2.24) is 0 Å². The largest absolute Gasteiger partial charge is 0.496 e. The van der Waals surface area contributed by atoms with E-state index in [1.54, 1.807) is 19.2 Å². The zero-order valence-corrected chi connectivity index (χ0v) is 15.8. The topological polar surface area (TPSA) is 52.6 Å². The lowest BCUT2D eigenvalue weighted by Gasteiger charge is -2.18. The molecule has 0 aliphatic heterocycles. The summed E-state index contributed by atoms with van der Waals surface area (Å²) in [6, 6.07) is 22.8. The summed E-state index contributed by atoms with van der Waals surface area (Å²) in [5.74, 6) is 0.609. The van der Waals surface area contributed by atoms with E-state index in [9.17, 15) is 8.42 Å². The first kappa shape index (κ1) is 17.5. The molecule has 0 unspecified atom stereocenters. The fraction of sp³-hybridized carbons (Fsp3) is 0.0909. The zero-order valence-electron chi connectivity index (χ0n) is 15.0. The molecule has 0 N–H and O–H groups in total. The van der Waals surface area contributed by atoms with Crippen LogP contribution in [-0.2, 0) is 14.3 Å². The Labute approximate surface area is 158 Å². The second kappa shape index (κ2) is 6.68. The Morgan fingerprint density at radius 3 is 1.81 bits per heavy atom. The van der Waals surface area contributed by atoms with Crippen LogP contribution < -0.4 is 4.74 Å². The van der Waals surface area contributed by atoms with Crippen LogP contribution in [0.5, 0.6) is 5.75 Å². The van der Waals surface area contributed by atoms with Crippen LogP contribution >= 0.6 is 0 Å². The van der Waals surface area contributed by atoms with Crippen molar-refractivity contribution in [3.05, 3.63) is 72.8 Å². The van der Waals surface area contributed by atoms with Gasteiger partial charge in [0.15, 0.2) is 0 Å². The van der Waals surface area contributed by atoms with Crippen molar-refractivity contribution < 1.29 is 17.3 Å². The van der Waals surface area contributed by atoms with Gasteiger partial charge in [-0.15, -0.1) is 0 Å². The van der Waals surface area contributed by atoms with Crippen molar-refractivity contribution in [3.8, 4) is 16.9 Å². The van der Waals surface area contributed by atoms with Crippen molar-refractivity contribution >= 4 is 31.7 Å². The molecular weight excluding hydrogens is 360 g/mol. The molecule has 0 aliphatic carbocycles. The average Bonchev–Trinajstić information content (AvgIpc) is 2.72. The molecule has 27 heavy (non-hydrogen) atoms. The van der Waals surface area contributed by atoms with E-state index in [1.165, 1.54) is 7.11 Å². The number of rotatable bonds is 4. The molecule has 0 fully saturated rings. The molecule has 0 bridgehead atoms. The quantitative estimate of drug-likeness (QED) is 0.469. The van der Waals surface area contributed by atoms with Crippen LogP contribution in [0.3, 0.4) is 0 Å². The minimum absolute atomic E-state index is 0.123. The van der Waals surface area contributed by atoms with Crippen LogP contribution in [0.4, 0.5) is 0 Å². The maximum Gasteiger partial charge on any atom is 0.297 e. The molecule has 0 heterocycles. The number of benzene rings is 4. The first-order valence-electron chi connectivity index (χ1n) is 8.45. The highest BCUT2D eigenvalue weighted by molar-refractivity contribution is 7.87. The van der Waals surface area contributed by atoms with Gasteiger partial charge in [-0.3, -0.25) is 4.18 Å². The number of hydrogen-bond donors (Lipinski definition) is 0. The Balaban J connectivity index is 2.26. The van der Waals surface area contributed by atoms with E-state index < -0.39 is 10.1 Å². The van der Waals surface area contributed by atoms with Gasteiger partial charge < -0.3 is 4.74 Å². The van der Waals surface area contributed by atoms with Gasteiger partial charge in [0.05, 0.1) is 14.2 Å². The second-order valence-electron chi connectivity index (χ2n) is 6.14. The maximum absolute atomic E-state index is 12.7. The smallest absolute Gasteiger partial charge is 0.297 e. The zero-order chi connectivity index (χ0) is 19.0.